The van der Waals surface area contributed by atoms with Crippen LogP contribution in [0, 0.1) is 0 Å². The van der Waals surface area contributed by atoms with E-state index in [4.69, 9.17) is 15.2 Å². The lowest BCUT2D eigenvalue weighted by molar-refractivity contribution is 0.0597. The van der Waals surface area contributed by atoms with Crippen molar-refractivity contribution in [3.63, 3.8) is 0 Å². The number of benzene rings is 1. The molecular weight excluding hydrogens is 406 g/mol. The molecule has 2 N–H and O–H groups in total. The number of anilines is 1. The molecule has 1 unspecified atom stereocenters. The number of imide groups is 1. The number of rotatable bonds is 5. The van der Waals surface area contributed by atoms with Crippen molar-refractivity contribution in [2.45, 2.75) is 6.04 Å². The number of hydrogen-bond acceptors (Lipinski definition) is 8. The zero-order valence-electron chi connectivity index (χ0n) is 15.0. The first-order valence-electron chi connectivity index (χ1n) is 8.25. The van der Waals surface area contributed by atoms with Crippen molar-refractivity contribution in [1.29, 1.82) is 0 Å². The fourth-order valence-electron chi connectivity index (χ4n) is 3.17. The molecule has 148 valence electrons. The Kier molecular flexibility index (Phi) is 4.32. The molecule has 11 heteroatoms. The minimum Gasteiger partial charge on any atom is -0.454 e. The molecule has 0 saturated carbocycles. The normalized spacial score (nSPS) is 16.8. The molecule has 2 aliphatic rings. The largest absolute Gasteiger partial charge is 0.454 e. The van der Waals surface area contributed by atoms with Gasteiger partial charge in [-0.05, 0) is 17.7 Å². The number of hydrogen-bond donors (Lipinski definition) is 1. The predicted octanol–water partition coefficient (Wildman–Crippen LogP) is 1.29. The van der Waals surface area contributed by atoms with Gasteiger partial charge in [-0.15, -0.1) is 11.3 Å². The summed E-state index contributed by atoms with van der Waals surface area (Å²) in [6.45, 7) is 0.0502. The Morgan fingerprint density at radius 2 is 1.93 bits per heavy atom. The fraction of sp³-hybridized carbons (Fsp3) is 0.294. The maximum absolute atomic E-state index is 13.0. The lowest BCUT2D eigenvalue weighted by Gasteiger charge is -2.28. The highest BCUT2D eigenvalue weighted by Gasteiger charge is 2.44. The zero-order chi connectivity index (χ0) is 20.2. The van der Waals surface area contributed by atoms with Crippen molar-refractivity contribution in [2.24, 2.45) is 0 Å². The van der Waals surface area contributed by atoms with Gasteiger partial charge in [0.05, 0.1) is 27.9 Å². The van der Waals surface area contributed by atoms with Gasteiger partial charge in [-0.2, -0.15) is 0 Å². The summed E-state index contributed by atoms with van der Waals surface area (Å²) in [4.78, 5) is 26.8. The highest BCUT2D eigenvalue weighted by molar-refractivity contribution is 7.89. The van der Waals surface area contributed by atoms with Crippen LogP contribution >= 0.6 is 11.3 Å². The number of nitrogens with two attached hydrogens (primary N) is 1. The summed E-state index contributed by atoms with van der Waals surface area (Å²) < 4.78 is 36.9. The number of carbonyl (C=O) groups is 2. The second-order valence-electron chi connectivity index (χ2n) is 6.56. The third kappa shape index (κ3) is 2.82. The summed E-state index contributed by atoms with van der Waals surface area (Å²) in [5.41, 5.74) is 6.62. The molecule has 1 aromatic carbocycles. The number of carbonyl (C=O) groups excluding carboxylic acids is 2. The van der Waals surface area contributed by atoms with Crippen molar-refractivity contribution in [2.75, 3.05) is 32.4 Å². The van der Waals surface area contributed by atoms with Crippen molar-refractivity contribution < 1.29 is 27.5 Å². The summed E-state index contributed by atoms with van der Waals surface area (Å²) in [5.74, 6) is -0.692. The van der Waals surface area contributed by atoms with E-state index < -0.39 is 33.6 Å². The van der Waals surface area contributed by atoms with E-state index in [-0.39, 0.29) is 22.9 Å². The van der Waals surface area contributed by atoms with Crippen LogP contribution in [0.4, 0.5) is 5.00 Å². The number of fused-ring (bicyclic) bond motifs is 2. The minimum atomic E-state index is -3.74. The first kappa shape index (κ1) is 18.7. The van der Waals surface area contributed by atoms with Crippen LogP contribution in [0.5, 0.6) is 11.5 Å². The molecule has 1 atom stereocenters. The molecule has 28 heavy (non-hydrogen) atoms. The van der Waals surface area contributed by atoms with Gasteiger partial charge in [-0.1, -0.05) is 6.07 Å². The van der Waals surface area contributed by atoms with Gasteiger partial charge in [0.25, 0.3) is 11.8 Å². The topological polar surface area (TPSA) is 119 Å². The van der Waals surface area contributed by atoms with E-state index in [0.29, 0.717) is 17.1 Å². The average Bonchev–Trinajstić information content (AvgIpc) is 3.31. The Hall–Kier alpha value is -2.63. The lowest BCUT2D eigenvalue weighted by atomic mass is 10.1. The number of sulfonamides is 1. The van der Waals surface area contributed by atoms with Gasteiger partial charge in [-0.3, -0.25) is 14.5 Å². The number of ether oxygens (including phenoxy) is 2. The van der Waals surface area contributed by atoms with Crippen LogP contribution in [0.3, 0.4) is 0 Å². The van der Waals surface area contributed by atoms with E-state index in [1.807, 2.05) is 0 Å². The summed E-state index contributed by atoms with van der Waals surface area (Å²) >= 11 is 1.10. The van der Waals surface area contributed by atoms with Crippen molar-refractivity contribution in [3.05, 3.63) is 40.3 Å². The lowest BCUT2D eigenvalue weighted by Crippen LogP contribution is -2.40. The van der Waals surface area contributed by atoms with Crippen LogP contribution < -0.4 is 15.2 Å². The van der Waals surface area contributed by atoms with Crippen molar-refractivity contribution >= 4 is 38.2 Å². The molecule has 4 rings (SSSR count). The maximum Gasteiger partial charge on any atom is 0.265 e. The number of amides is 2. The van der Waals surface area contributed by atoms with E-state index in [2.05, 4.69) is 0 Å². The van der Waals surface area contributed by atoms with E-state index >= 15 is 0 Å². The van der Waals surface area contributed by atoms with Crippen molar-refractivity contribution in [3.8, 4) is 11.5 Å². The van der Waals surface area contributed by atoms with Gasteiger partial charge in [0.2, 0.25) is 16.8 Å². The number of nitrogen functional groups attached to an aromatic ring is 1. The van der Waals surface area contributed by atoms with Gasteiger partial charge < -0.3 is 15.2 Å². The third-order valence-electron chi connectivity index (χ3n) is 4.72. The highest BCUT2D eigenvalue weighted by Crippen LogP contribution is 2.40. The van der Waals surface area contributed by atoms with Gasteiger partial charge in [-0.25, -0.2) is 12.7 Å². The molecular formula is C17H17N3O6S2. The molecule has 0 spiro atoms. The molecule has 0 fully saturated rings. The Morgan fingerprint density at radius 3 is 2.61 bits per heavy atom. The predicted molar refractivity (Wildman–Crippen MR) is 102 cm³/mol. The zero-order valence-corrected chi connectivity index (χ0v) is 16.7. The molecule has 9 nitrogen and oxygen atoms in total. The van der Waals surface area contributed by atoms with Crippen LogP contribution in [0.2, 0.25) is 0 Å². The Labute approximate surface area is 165 Å². The van der Waals surface area contributed by atoms with Gasteiger partial charge in [0.1, 0.15) is 0 Å². The summed E-state index contributed by atoms with van der Waals surface area (Å²) in [6.07, 6.45) is 0. The smallest absolute Gasteiger partial charge is 0.265 e. The quantitative estimate of drug-likeness (QED) is 0.720. The van der Waals surface area contributed by atoms with Gasteiger partial charge in [0, 0.05) is 19.5 Å². The molecule has 0 saturated heterocycles. The van der Waals surface area contributed by atoms with E-state index in [0.717, 1.165) is 20.5 Å². The molecule has 3 heterocycles. The third-order valence-corrected chi connectivity index (χ3v) is 7.38. The number of nitrogens with zero attached hydrogens (tertiary/aromatic N) is 2. The maximum atomic E-state index is 13.0. The second kappa shape index (κ2) is 6.47. The van der Waals surface area contributed by atoms with Crippen LogP contribution in [0.15, 0.2) is 23.6 Å². The Morgan fingerprint density at radius 1 is 1.21 bits per heavy atom. The molecule has 0 radical (unpaired) electrons. The summed E-state index contributed by atoms with van der Waals surface area (Å²) in [5, 5.41) is 1.75. The van der Waals surface area contributed by atoms with Crippen LogP contribution in [-0.4, -0.2) is 56.1 Å². The minimum absolute atomic E-state index is 0.0502. The Bertz CT molecular complexity index is 1090. The van der Waals surface area contributed by atoms with E-state index in [1.54, 1.807) is 18.2 Å². The molecule has 2 aromatic rings. The van der Waals surface area contributed by atoms with Crippen LogP contribution in [0.25, 0.3) is 0 Å². The van der Waals surface area contributed by atoms with E-state index in [9.17, 15) is 18.0 Å². The van der Waals surface area contributed by atoms with E-state index in [1.165, 1.54) is 19.5 Å². The van der Waals surface area contributed by atoms with Gasteiger partial charge >= 0.3 is 0 Å². The molecule has 2 amide bonds. The molecule has 0 bridgehead atoms. The standard InChI is InChI=1S/C17H17N3O6S2/c1-19(2)28(23,24)7-11(9-3-4-12-13(5-9)26-8-25-12)20-16(21)10-6-27-15(18)14(10)17(20)22/h3-6,11H,7-8,18H2,1-2H3. The average molecular weight is 423 g/mol. The summed E-state index contributed by atoms with van der Waals surface area (Å²) in [7, 11) is -0.944. The SMILES string of the molecule is CN(C)S(=O)(=O)CC(c1ccc2c(c1)OCO2)N1C(=O)c2csc(N)c2C1=O. The molecule has 0 aliphatic carbocycles. The second-order valence-corrected chi connectivity index (χ2v) is 9.70. The van der Waals surface area contributed by atoms with Crippen LogP contribution in [0.1, 0.15) is 32.3 Å². The Balaban J connectivity index is 1.80. The highest BCUT2D eigenvalue weighted by atomic mass is 32.2. The fourth-order valence-corrected chi connectivity index (χ4v) is 4.98. The molecule has 2 aliphatic heterocycles. The monoisotopic (exact) mass is 423 g/mol. The molecule has 1 aromatic heterocycles. The van der Waals surface area contributed by atoms with Crippen molar-refractivity contribution in [1.82, 2.24) is 9.21 Å². The van der Waals surface area contributed by atoms with Gasteiger partial charge in [0.15, 0.2) is 11.5 Å². The first-order valence-corrected chi connectivity index (χ1v) is 10.7. The number of thiophene rings is 1. The first-order chi connectivity index (χ1) is 13.2. The summed E-state index contributed by atoms with van der Waals surface area (Å²) in [6, 6.07) is 3.80. The van der Waals surface area contributed by atoms with Crippen LogP contribution in [-0.2, 0) is 10.0 Å².